The fourth-order valence-corrected chi connectivity index (χ4v) is 2.56. The van der Waals surface area contributed by atoms with Gasteiger partial charge in [-0.25, -0.2) is 0 Å². The molecule has 0 saturated heterocycles. The van der Waals surface area contributed by atoms with Crippen molar-refractivity contribution >= 4 is 11.8 Å². The van der Waals surface area contributed by atoms with Gasteiger partial charge in [0.05, 0.1) is 17.2 Å². The van der Waals surface area contributed by atoms with Crippen LogP contribution in [0.15, 0.2) is 46.5 Å². The van der Waals surface area contributed by atoms with Crippen molar-refractivity contribution in [3.05, 3.63) is 42.2 Å². The summed E-state index contributed by atoms with van der Waals surface area (Å²) >= 11 is 1.62. The predicted octanol–water partition coefficient (Wildman–Crippen LogP) is 2.62. The van der Waals surface area contributed by atoms with Crippen molar-refractivity contribution in [3.63, 3.8) is 0 Å². The number of aromatic nitrogens is 2. The van der Waals surface area contributed by atoms with Crippen LogP contribution in [-0.2, 0) is 7.05 Å². The van der Waals surface area contributed by atoms with Crippen molar-refractivity contribution in [1.29, 1.82) is 0 Å². The minimum Gasteiger partial charge on any atom is -0.389 e. The Morgan fingerprint density at radius 3 is 2.75 bits per heavy atom. The predicted molar refractivity (Wildman–Crippen MR) is 64.4 cm³/mol. The normalized spacial score (nSPS) is 12.7. The molecule has 1 atom stereocenters. The van der Waals surface area contributed by atoms with Crippen LogP contribution < -0.4 is 0 Å². The first-order valence-corrected chi connectivity index (χ1v) is 5.92. The molecular weight excluding hydrogens is 220 g/mol. The van der Waals surface area contributed by atoms with Gasteiger partial charge in [-0.2, -0.15) is 5.10 Å². The van der Waals surface area contributed by atoms with Gasteiger partial charge in [0.15, 0.2) is 0 Å². The lowest BCUT2D eigenvalue weighted by atomic mass is 10.1. The molecule has 84 valence electrons. The quantitative estimate of drug-likeness (QED) is 0.887. The molecular formula is C12H14N2OS. The molecule has 0 aliphatic rings. The van der Waals surface area contributed by atoms with E-state index in [0.29, 0.717) is 0 Å². The number of hydrogen-bond donors (Lipinski definition) is 1. The van der Waals surface area contributed by atoms with Crippen LogP contribution in [0.4, 0.5) is 0 Å². The Bertz CT molecular complexity index is 479. The van der Waals surface area contributed by atoms with Gasteiger partial charge in [0, 0.05) is 18.1 Å². The average molecular weight is 234 g/mol. The van der Waals surface area contributed by atoms with Gasteiger partial charge < -0.3 is 5.11 Å². The standard InChI is InChI=1S/C12H14N2OS/c1-9(15)11-5-3-4-6-12(11)16-10-7-13-14(2)8-10/h3-9,15H,1-2H3/t9-/m0/s1. The Kier molecular flexibility index (Phi) is 3.31. The Balaban J connectivity index is 2.27. The highest BCUT2D eigenvalue weighted by molar-refractivity contribution is 7.99. The number of aryl methyl sites for hydroxylation is 1. The molecule has 16 heavy (non-hydrogen) atoms. The van der Waals surface area contributed by atoms with E-state index in [1.54, 1.807) is 23.4 Å². The molecule has 1 N–H and O–H groups in total. The Morgan fingerprint density at radius 2 is 2.12 bits per heavy atom. The lowest BCUT2D eigenvalue weighted by Gasteiger charge is -2.09. The summed E-state index contributed by atoms with van der Waals surface area (Å²) in [6.07, 6.45) is 3.34. The van der Waals surface area contributed by atoms with Crippen molar-refractivity contribution in [1.82, 2.24) is 9.78 Å². The molecule has 0 fully saturated rings. The van der Waals surface area contributed by atoms with Gasteiger partial charge in [0.25, 0.3) is 0 Å². The van der Waals surface area contributed by atoms with Crippen molar-refractivity contribution in [2.24, 2.45) is 7.05 Å². The van der Waals surface area contributed by atoms with Gasteiger partial charge in [-0.15, -0.1) is 0 Å². The van der Waals surface area contributed by atoms with E-state index in [-0.39, 0.29) is 0 Å². The number of aliphatic hydroxyl groups is 1. The Labute approximate surface area is 99.1 Å². The summed E-state index contributed by atoms with van der Waals surface area (Å²) in [6, 6.07) is 7.88. The monoisotopic (exact) mass is 234 g/mol. The smallest absolute Gasteiger partial charge is 0.0772 e. The molecule has 0 unspecified atom stereocenters. The van der Waals surface area contributed by atoms with E-state index in [0.717, 1.165) is 15.4 Å². The molecule has 0 radical (unpaired) electrons. The highest BCUT2D eigenvalue weighted by atomic mass is 32.2. The van der Waals surface area contributed by atoms with Gasteiger partial charge in [-0.3, -0.25) is 4.68 Å². The van der Waals surface area contributed by atoms with Crippen molar-refractivity contribution < 1.29 is 5.11 Å². The first-order valence-electron chi connectivity index (χ1n) is 5.10. The second-order valence-corrected chi connectivity index (χ2v) is 4.78. The minimum atomic E-state index is -0.444. The Morgan fingerprint density at radius 1 is 1.38 bits per heavy atom. The van der Waals surface area contributed by atoms with Crippen LogP contribution in [0.1, 0.15) is 18.6 Å². The second kappa shape index (κ2) is 4.72. The zero-order valence-corrected chi connectivity index (χ0v) is 10.1. The molecule has 0 aliphatic carbocycles. The van der Waals surface area contributed by atoms with Crippen LogP contribution in [0.3, 0.4) is 0 Å². The third-order valence-corrected chi connectivity index (χ3v) is 3.32. The molecule has 1 heterocycles. The number of rotatable bonds is 3. The number of hydrogen-bond acceptors (Lipinski definition) is 3. The molecule has 2 aromatic rings. The Hall–Kier alpha value is -1.26. The van der Waals surface area contributed by atoms with Gasteiger partial charge in [-0.05, 0) is 18.6 Å². The maximum atomic E-state index is 9.65. The van der Waals surface area contributed by atoms with Crippen LogP contribution in [-0.4, -0.2) is 14.9 Å². The van der Waals surface area contributed by atoms with E-state index < -0.39 is 6.10 Å². The summed E-state index contributed by atoms with van der Waals surface area (Å²) in [6.45, 7) is 1.78. The van der Waals surface area contributed by atoms with E-state index in [4.69, 9.17) is 0 Å². The zero-order chi connectivity index (χ0) is 11.5. The van der Waals surface area contributed by atoms with Gasteiger partial charge in [0.2, 0.25) is 0 Å². The van der Waals surface area contributed by atoms with Crippen LogP contribution in [0.5, 0.6) is 0 Å². The average Bonchev–Trinajstić information content (AvgIpc) is 2.64. The molecule has 0 saturated carbocycles. The number of aliphatic hydroxyl groups excluding tert-OH is 1. The molecule has 4 heteroatoms. The third-order valence-electron chi connectivity index (χ3n) is 2.28. The fraction of sp³-hybridized carbons (Fsp3) is 0.250. The first-order chi connectivity index (χ1) is 7.66. The molecule has 0 aliphatic heterocycles. The zero-order valence-electron chi connectivity index (χ0n) is 9.29. The third kappa shape index (κ3) is 2.46. The summed E-state index contributed by atoms with van der Waals surface area (Å²) in [4.78, 5) is 2.15. The lowest BCUT2D eigenvalue weighted by molar-refractivity contribution is 0.196. The first kappa shape index (κ1) is 11.2. The molecule has 1 aromatic carbocycles. The van der Waals surface area contributed by atoms with E-state index in [1.165, 1.54) is 0 Å². The minimum absolute atomic E-state index is 0.444. The van der Waals surface area contributed by atoms with Crippen molar-refractivity contribution in [3.8, 4) is 0 Å². The summed E-state index contributed by atoms with van der Waals surface area (Å²) in [5.41, 5.74) is 0.955. The molecule has 3 nitrogen and oxygen atoms in total. The molecule has 0 bridgehead atoms. The van der Waals surface area contributed by atoms with Gasteiger partial charge in [-0.1, -0.05) is 30.0 Å². The number of benzene rings is 1. The highest BCUT2D eigenvalue weighted by Crippen LogP contribution is 2.32. The van der Waals surface area contributed by atoms with Crippen LogP contribution in [0.2, 0.25) is 0 Å². The van der Waals surface area contributed by atoms with E-state index in [2.05, 4.69) is 5.10 Å². The van der Waals surface area contributed by atoms with E-state index in [9.17, 15) is 5.11 Å². The van der Waals surface area contributed by atoms with Gasteiger partial charge >= 0.3 is 0 Å². The molecule has 0 amide bonds. The number of nitrogens with zero attached hydrogens (tertiary/aromatic N) is 2. The van der Waals surface area contributed by atoms with Gasteiger partial charge in [0.1, 0.15) is 0 Å². The maximum absolute atomic E-state index is 9.65. The molecule has 2 rings (SSSR count). The van der Waals surface area contributed by atoms with Crippen molar-refractivity contribution in [2.75, 3.05) is 0 Å². The lowest BCUT2D eigenvalue weighted by Crippen LogP contribution is -1.92. The summed E-state index contributed by atoms with van der Waals surface area (Å²) in [5.74, 6) is 0. The maximum Gasteiger partial charge on any atom is 0.0772 e. The van der Waals surface area contributed by atoms with Crippen molar-refractivity contribution in [2.45, 2.75) is 22.8 Å². The summed E-state index contributed by atoms with van der Waals surface area (Å²) < 4.78 is 1.77. The van der Waals surface area contributed by atoms with Crippen LogP contribution in [0, 0.1) is 0 Å². The van der Waals surface area contributed by atoms with E-state index >= 15 is 0 Å². The topological polar surface area (TPSA) is 38.1 Å². The largest absolute Gasteiger partial charge is 0.389 e. The molecule has 0 spiro atoms. The summed E-state index contributed by atoms with van der Waals surface area (Å²) in [5, 5.41) is 13.8. The molecule has 1 aromatic heterocycles. The second-order valence-electron chi connectivity index (χ2n) is 3.67. The fourth-order valence-electron chi connectivity index (χ4n) is 1.50. The summed E-state index contributed by atoms with van der Waals surface area (Å²) in [7, 11) is 1.89. The van der Waals surface area contributed by atoms with E-state index in [1.807, 2.05) is 43.7 Å². The van der Waals surface area contributed by atoms with Crippen LogP contribution in [0.25, 0.3) is 0 Å². The van der Waals surface area contributed by atoms with Crippen LogP contribution >= 0.6 is 11.8 Å². The highest BCUT2D eigenvalue weighted by Gasteiger charge is 2.08. The SMILES string of the molecule is C[C@H](O)c1ccccc1Sc1cnn(C)c1.